The Morgan fingerprint density at radius 3 is 2.64 bits per heavy atom. The van der Waals surface area contributed by atoms with Crippen molar-refractivity contribution in [2.45, 2.75) is 37.3 Å². The van der Waals surface area contributed by atoms with Crippen molar-refractivity contribution in [3.05, 3.63) is 35.9 Å². The summed E-state index contributed by atoms with van der Waals surface area (Å²) in [7, 11) is 0. The molecule has 1 unspecified atom stereocenters. The summed E-state index contributed by atoms with van der Waals surface area (Å²) in [4.78, 5) is 28.9. The number of nitrogens with one attached hydrogen (secondary N) is 1. The van der Waals surface area contributed by atoms with E-state index in [1.807, 2.05) is 40.1 Å². The molecule has 0 bridgehead atoms. The molecule has 3 saturated heterocycles. The molecule has 7 heteroatoms. The number of carbonyl (C=O) groups excluding carboxylic acids is 2. The van der Waals surface area contributed by atoms with Crippen LogP contribution in [-0.4, -0.2) is 73.3 Å². The van der Waals surface area contributed by atoms with E-state index < -0.39 is 0 Å². The van der Waals surface area contributed by atoms with E-state index in [0.717, 1.165) is 31.4 Å². The molecule has 1 spiro atoms. The van der Waals surface area contributed by atoms with Crippen molar-refractivity contribution >= 4 is 11.9 Å². The lowest BCUT2D eigenvalue weighted by Gasteiger charge is -2.45. The highest BCUT2D eigenvalue weighted by Crippen LogP contribution is 2.29. The average Bonchev–Trinajstić information content (AvgIpc) is 3.13. The predicted octanol–water partition coefficient (Wildman–Crippen LogP) is 1.94. The van der Waals surface area contributed by atoms with E-state index in [2.05, 4.69) is 5.32 Å². The van der Waals surface area contributed by atoms with Crippen LogP contribution in [0.4, 0.5) is 4.79 Å². The predicted molar refractivity (Wildman–Crippen MR) is 104 cm³/mol. The number of hydrogen-bond acceptors (Lipinski definition) is 4. The molecule has 28 heavy (non-hydrogen) atoms. The molecule has 1 aromatic carbocycles. The average molecular weight is 387 g/mol. The van der Waals surface area contributed by atoms with Crippen LogP contribution >= 0.6 is 0 Å². The largest absolute Gasteiger partial charge is 0.381 e. The topological polar surface area (TPSA) is 71.1 Å². The van der Waals surface area contributed by atoms with Crippen LogP contribution in [0.1, 0.15) is 37.3 Å². The van der Waals surface area contributed by atoms with Gasteiger partial charge in [0.25, 0.3) is 0 Å². The number of nitrogens with zero attached hydrogens (tertiary/aromatic N) is 2. The number of benzene rings is 1. The molecule has 1 aromatic rings. The molecule has 3 aliphatic heterocycles. The van der Waals surface area contributed by atoms with Crippen molar-refractivity contribution in [3.8, 4) is 0 Å². The number of ether oxygens (including phenoxy) is 2. The molecule has 0 saturated carbocycles. The van der Waals surface area contributed by atoms with Crippen LogP contribution in [0.15, 0.2) is 30.3 Å². The van der Waals surface area contributed by atoms with Gasteiger partial charge in [-0.2, -0.15) is 0 Å². The van der Waals surface area contributed by atoms with Crippen molar-refractivity contribution in [1.82, 2.24) is 15.1 Å². The number of carbonyl (C=O) groups is 2. The van der Waals surface area contributed by atoms with Crippen LogP contribution in [0, 0.1) is 0 Å². The Bertz CT molecular complexity index is 685. The van der Waals surface area contributed by atoms with Gasteiger partial charge in [-0.25, -0.2) is 4.79 Å². The summed E-state index contributed by atoms with van der Waals surface area (Å²) in [6, 6.07) is 9.59. The van der Waals surface area contributed by atoms with E-state index in [9.17, 15) is 9.59 Å². The molecule has 3 heterocycles. The smallest absolute Gasteiger partial charge is 0.318 e. The minimum atomic E-state index is -0.277. The van der Waals surface area contributed by atoms with Gasteiger partial charge in [0.15, 0.2) is 0 Å². The van der Waals surface area contributed by atoms with E-state index in [4.69, 9.17) is 9.47 Å². The highest BCUT2D eigenvalue weighted by molar-refractivity contribution is 5.78. The second-order valence-electron chi connectivity index (χ2n) is 7.92. The summed E-state index contributed by atoms with van der Waals surface area (Å²) in [5.41, 5.74) is 0.741. The molecular formula is C21H29N3O4. The lowest BCUT2D eigenvalue weighted by molar-refractivity contribution is -0.145. The summed E-state index contributed by atoms with van der Waals surface area (Å²) in [6.07, 6.45) is 3.13. The molecule has 0 radical (unpaired) electrons. The van der Waals surface area contributed by atoms with Crippen LogP contribution in [0.25, 0.3) is 0 Å². The number of morpholine rings is 1. The molecule has 4 rings (SSSR count). The number of hydrogen-bond donors (Lipinski definition) is 1. The van der Waals surface area contributed by atoms with E-state index in [1.165, 1.54) is 0 Å². The number of likely N-dealkylation sites (tertiary alicyclic amines) is 1. The normalized spacial score (nSPS) is 23.1. The van der Waals surface area contributed by atoms with Gasteiger partial charge in [-0.1, -0.05) is 30.3 Å². The maximum Gasteiger partial charge on any atom is 0.318 e. The van der Waals surface area contributed by atoms with Gasteiger partial charge < -0.3 is 24.6 Å². The standard InChI is InChI=1S/C21H29N3O4/c25-19-7-4-10-23(19)15-18(17-5-2-1-3-6-17)22-20(26)24-11-14-28-21(16-24)8-12-27-13-9-21/h1-3,5-6,18H,4,7-16H2,(H,22,26). The molecule has 3 fully saturated rings. The molecule has 7 nitrogen and oxygen atoms in total. The SMILES string of the molecule is O=C1CCCN1CC(NC(=O)N1CCOC2(CCOCC2)C1)c1ccccc1. The Balaban J connectivity index is 1.44. The highest BCUT2D eigenvalue weighted by atomic mass is 16.5. The summed E-state index contributed by atoms with van der Waals surface area (Å²) in [6.45, 7) is 4.36. The summed E-state index contributed by atoms with van der Waals surface area (Å²) >= 11 is 0. The fourth-order valence-corrected chi connectivity index (χ4v) is 4.34. The lowest BCUT2D eigenvalue weighted by Crippen LogP contribution is -2.58. The molecular weight excluding hydrogens is 358 g/mol. The van der Waals surface area contributed by atoms with Gasteiger partial charge in [-0.3, -0.25) is 4.79 Å². The van der Waals surface area contributed by atoms with Crippen LogP contribution in [0.3, 0.4) is 0 Å². The summed E-state index contributed by atoms with van der Waals surface area (Å²) < 4.78 is 11.5. The quantitative estimate of drug-likeness (QED) is 0.857. The monoisotopic (exact) mass is 387 g/mol. The zero-order valence-electron chi connectivity index (χ0n) is 16.3. The first kappa shape index (κ1) is 19.2. The van der Waals surface area contributed by atoms with Crippen molar-refractivity contribution in [3.63, 3.8) is 0 Å². The zero-order valence-corrected chi connectivity index (χ0v) is 16.3. The Morgan fingerprint density at radius 2 is 1.93 bits per heavy atom. The van der Waals surface area contributed by atoms with Gasteiger partial charge in [0.1, 0.15) is 0 Å². The van der Waals surface area contributed by atoms with E-state index in [-0.39, 0.29) is 23.6 Å². The van der Waals surface area contributed by atoms with Crippen molar-refractivity contribution in [1.29, 1.82) is 0 Å². The molecule has 152 valence electrons. The first-order chi connectivity index (χ1) is 13.7. The fourth-order valence-electron chi connectivity index (χ4n) is 4.34. The zero-order chi connectivity index (χ0) is 19.4. The molecule has 0 aromatic heterocycles. The minimum Gasteiger partial charge on any atom is -0.381 e. The van der Waals surface area contributed by atoms with Crippen molar-refractivity contribution in [2.24, 2.45) is 0 Å². The molecule has 3 amide bonds. The van der Waals surface area contributed by atoms with Gasteiger partial charge in [-0.15, -0.1) is 0 Å². The lowest BCUT2D eigenvalue weighted by atomic mass is 9.92. The van der Waals surface area contributed by atoms with Crippen LogP contribution in [-0.2, 0) is 14.3 Å². The van der Waals surface area contributed by atoms with Crippen LogP contribution < -0.4 is 5.32 Å². The maximum atomic E-state index is 13.1. The second-order valence-corrected chi connectivity index (χ2v) is 7.92. The van der Waals surface area contributed by atoms with E-state index >= 15 is 0 Å². The Hall–Kier alpha value is -2.12. The summed E-state index contributed by atoms with van der Waals surface area (Å²) in [5.74, 6) is 0.169. The third-order valence-electron chi connectivity index (χ3n) is 6.01. The van der Waals surface area contributed by atoms with Gasteiger partial charge in [0.05, 0.1) is 24.8 Å². The molecule has 0 aliphatic carbocycles. The first-order valence-corrected chi connectivity index (χ1v) is 10.3. The molecule has 3 aliphatic rings. The number of urea groups is 1. The maximum absolute atomic E-state index is 13.1. The third kappa shape index (κ3) is 4.31. The van der Waals surface area contributed by atoms with Gasteiger partial charge in [0.2, 0.25) is 5.91 Å². The Morgan fingerprint density at radius 1 is 1.14 bits per heavy atom. The van der Waals surface area contributed by atoms with Gasteiger partial charge in [0, 0.05) is 52.1 Å². The Kier molecular flexibility index (Phi) is 5.82. The van der Waals surface area contributed by atoms with E-state index in [1.54, 1.807) is 0 Å². The van der Waals surface area contributed by atoms with Crippen molar-refractivity contribution in [2.75, 3.05) is 46.0 Å². The van der Waals surface area contributed by atoms with Gasteiger partial charge >= 0.3 is 6.03 Å². The molecule has 1 atom stereocenters. The van der Waals surface area contributed by atoms with Crippen LogP contribution in [0.2, 0.25) is 0 Å². The van der Waals surface area contributed by atoms with E-state index in [0.29, 0.717) is 45.9 Å². The Labute approximate surface area is 166 Å². The summed E-state index contributed by atoms with van der Waals surface area (Å²) in [5, 5.41) is 3.18. The number of amides is 3. The second kappa shape index (κ2) is 8.49. The van der Waals surface area contributed by atoms with Crippen LogP contribution in [0.5, 0.6) is 0 Å². The van der Waals surface area contributed by atoms with Gasteiger partial charge in [-0.05, 0) is 12.0 Å². The fraction of sp³-hybridized carbons (Fsp3) is 0.619. The van der Waals surface area contributed by atoms with Crippen molar-refractivity contribution < 1.29 is 19.1 Å². The minimum absolute atomic E-state index is 0.0883. The number of rotatable bonds is 4. The third-order valence-corrected chi connectivity index (χ3v) is 6.01. The highest BCUT2D eigenvalue weighted by Gasteiger charge is 2.40. The first-order valence-electron chi connectivity index (χ1n) is 10.3. The molecule has 1 N–H and O–H groups in total.